The minimum absolute atomic E-state index is 0.0934. The summed E-state index contributed by atoms with van der Waals surface area (Å²) in [6, 6.07) is 8.79. The van der Waals surface area contributed by atoms with E-state index in [0.29, 0.717) is 0 Å². The fraction of sp³-hybridized carbons (Fsp3) is 0.421. The number of hydrogen-bond acceptors (Lipinski definition) is 8. The molecule has 3 atom stereocenters. The molecule has 0 saturated carbocycles. The van der Waals surface area contributed by atoms with E-state index < -0.39 is 41.1 Å². The van der Waals surface area contributed by atoms with E-state index >= 15 is 0 Å². The Morgan fingerprint density at radius 2 is 1.66 bits per heavy atom. The van der Waals surface area contributed by atoms with Gasteiger partial charge in [-0.05, 0) is 5.56 Å². The molecule has 0 bridgehead atoms. The van der Waals surface area contributed by atoms with Crippen molar-refractivity contribution >= 4 is 35.5 Å². The number of nitrogens with zero attached hydrogens (tertiary/aromatic N) is 1. The van der Waals surface area contributed by atoms with Crippen molar-refractivity contribution in [1.29, 1.82) is 5.26 Å². The summed E-state index contributed by atoms with van der Waals surface area (Å²) in [4.78, 5) is 47.8. The predicted molar refractivity (Wildman–Crippen MR) is 106 cm³/mol. The molecule has 0 aliphatic carbocycles. The molecule has 0 aliphatic heterocycles. The zero-order valence-corrected chi connectivity index (χ0v) is 17.2. The molecule has 1 unspecified atom stereocenters. The molecular weight excluding hydrogens is 398 g/mol. The van der Waals surface area contributed by atoms with Crippen LogP contribution >= 0.6 is 11.8 Å². The average molecular weight is 421 g/mol. The van der Waals surface area contributed by atoms with Crippen molar-refractivity contribution in [3.8, 4) is 6.07 Å². The summed E-state index contributed by atoms with van der Waals surface area (Å²) in [5.74, 6) is -2.59. The molecular formula is C19H23N3O6S. The van der Waals surface area contributed by atoms with Crippen LogP contribution in [0, 0.1) is 11.3 Å². The summed E-state index contributed by atoms with van der Waals surface area (Å²) in [6.07, 6.45) is 0.219. The Kier molecular flexibility index (Phi) is 10.3. The van der Waals surface area contributed by atoms with Gasteiger partial charge in [0, 0.05) is 19.1 Å². The van der Waals surface area contributed by atoms with E-state index in [0.717, 1.165) is 31.5 Å². The topological polar surface area (TPSA) is 135 Å². The van der Waals surface area contributed by atoms with Crippen LogP contribution in [0.25, 0.3) is 0 Å². The van der Waals surface area contributed by atoms with Crippen molar-refractivity contribution in [2.45, 2.75) is 30.7 Å². The standard InChI is InChI=1S/C19H23N3O6S/c1-12(23)21-14(9-13-7-5-4-6-8-13)17(24)22-15(18(25)27-2)11-29-16(10-20)19(26)28-3/h4-8,14-16H,9,11H2,1-3H3,(H,21,23)(H,22,24)/t14-,15-,16?/m0/s1. The monoisotopic (exact) mass is 421 g/mol. The number of esters is 2. The molecule has 0 fully saturated rings. The van der Waals surface area contributed by atoms with Crippen molar-refractivity contribution in [2.75, 3.05) is 20.0 Å². The van der Waals surface area contributed by atoms with Crippen LogP contribution in [-0.2, 0) is 35.1 Å². The molecule has 1 aromatic rings. The van der Waals surface area contributed by atoms with Gasteiger partial charge in [-0.2, -0.15) is 5.26 Å². The highest BCUT2D eigenvalue weighted by atomic mass is 32.2. The first-order valence-electron chi connectivity index (χ1n) is 8.60. The third kappa shape index (κ3) is 8.23. The second kappa shape index (κ2) is 12.4. The van der Waals surface area contributed by atoms with Crippen LogP contribution in [0.15, 0.2) is 30.3 Å². The number of carbonyl (C=O) groups is 4. The Morgan fingerprint density at radius 1 is 1.03 bits per heavy atom. The number of ether oxygens (including phenoxy) is 2. The lowest BCUT2D eigenvalue weighted by atomic mass is 10.0. The van der Waals surface area contributed by atoms with Crippen molar-refractivity contribution in [3.63, 3.8) is 0 Å². The minimum atomic E-state index is -1.15. The molecule has 2 N–H and O–H groups in total. The van der Waals surface area contributed by atoms with Crippen LogP contribution in [0.1, 0.15) is 12.5 Å². The smallest absolute Gasteiger partial charge is 0.333 e. The van der Waals surface area contributed by atoms with E-state index in [-0.39, 0.29) is 12.2 Å². The fourth-order valence-corrected chi connectivity index (χ4v) is 3.26. The summed E-state index contributed by atoms with van der Waals surface area (Å²) in [5, 5.41) is 13.0. The van der Waals surface area contributed by atoms with Gasteiger partial charge >= 0.3 is 11.9 Å². The number of rotatable bonds is 10. The lowest BCUT2D eigenvalue weighted by molar-refractivity contribution is -0.144. The lowest BCUT2D eigenvalue weighted by Crippen LogP contribution is -2.53. The Balaban J connectivity index is 2.89. The quantitative estimate of drug-likeness (QED) is 0.511. The van der Waals surface area contributed by atoms with Crippen LogP contribution in [0.3, 0.4) is 0 Å². The number of hydrogen-bond donors (Lipinski definition) is 2. The van der Waals surface area contributed by atoms with E-state index in [4.69, 9.17) is 10.00 Å². The van der Waals surface area contributed by atoms with Crippen LogP contribution in [0.5, 0.6) is 0 Å². The number of benzene rings is 1. The van der Waals surface area contributed by atoms with Gasteiger partial charge in [0.25, 0.3) is 0 Å². The third-order valence-electron chi connectivity index (χ3n) is 3.74. The van der Waals surface area contributed by atoms with Crippen LogP contribution in [0.2, 0.25) is 0 Å². The van der Waals surface area contributed by atoms with Crippen LogP contribution < -0.4 is 10.6 Å². The van der Waals surface area contributed by atoms with Gasteiger partial charge in [-0.15, -0.1) is 11.8 Å². The van der Waals surface area contributed by atoms with E-state index in [9.17, 15) is 19.2 Å². The van der Waals surface area contributed by atoms with Crippen molar-refractivity contribution in [1.82, 2.24) is 10.6 Å². The maximum absolute atomic E-state index is 12.7. The highest BCUT2D eigenvalue weighted by Crippen LogP contribution is 2.14. The number of methoxy groups -OCH3 is 2. The second-order valence-electron chi connectivity index (χ2n) is 5.89. The zero-order valence-electron chi connectivity index (χ0n) is 16.3. The number of nitriles is 1. The number of amides is 2. The largest absolute Gasteiger partial charge is 0.467 e. The van der Waals surface area contributed by atoms with E-state index in [1.165, 1.54) is 6.92 Å². The second-order valence-corrected chi connectivity index (χ2v) is 7.03. The minimum Gasteiger partial charge on any atom is -0.467 e. The van der Waals surface area contributed by atoms with Gasteiger partial charge in [0.05, 0.1) is 20.3 Å². The first-order valence-corrected chi connectivity index (χ1v) is 9.65. The summed E-state index contributed by atoms with van der Waals surface area (Å²) < 4.78 is 9.21. The summed E-state index contributed by atoms with van der Waals surface area (Å²) in [7, 11) is 2.30. The molecule has 1 aromatic carbocycles. The molecule has 0 spiro atoms. The van der Waals surface area contributed by atoms with Crippen LogP contribution in [0.4, 0.5) is 0 Å². The normalized spacial score (nSPS) is 13.2. The first kappa shape index (κ1) is 24.0. The van der Waals surface area contributed by atoms with Gasteiger partial charge < -0.3 is 20.1 Å². The van der Waals surface area contributed by atoms with E-state index in [1.807, 2.05) is 18.2 Å². The van der Waals surface area contributed by atoms with Gasteiger partial charge in [-0.1, -0.05) is 30.3 Å². The molecule has 0 radical (unpaired) electrons. The average Bonchev–Trinajstić information content (AvgIpc) is 2.72. The Hall–Kier alpha value is -3.06. The summed E-state index contributed by atoms with van der Waals surface area (Å²) in [5.41, 5.74) is 0.820. The highest BCUT2D eigenvalue weighted by molar-refractivity contribution is 8.00. The molecule has 156 valence electrons. The Labute approximate surface area is 173 Å². The molecule has 29 heavy (non-hydrogen) atoms. The molecule has 1 rings (SSSR count). The SMILES string of the molecule is COC(=O)C(C#N)SC[C@H](NC(=O)[C@H](Cc1ccccc1)NC(C)=O)C(=O)OC. The third-order valence-corrected chi connectivity index (χ3v) is 4.90. The fourth-order valence-electron chi connectivity index (χ4n) is 2.35. The van der Waals surface area contributed by atoms with Gasteiger partial charge in [0.1, 0.15) is 12.1 Å². The van der Waals surface area contributed by atoms with Crippen molar-refractivity contribution in [3.05, 3.63) is 35.9 Å². The molecule has 0 aliphatic rings. The first-order chi connectivity index (χ1) is 13.8. The van der Waals surface area contributed by atoms with E-state index in [2.05, 4.69) is 15.4 Å². The highest BCUT2D eigenvalue weighted by Gasteiger charge is 2.29. The molecule has 0 aromatic heterocycles. The summed E-state index contributed by atoms with van der Waals surface area (Å²) in [6.45, 7) is 1.28. The van der Waals surface area contributed by atoms with Gasteiger partial charge in [0.2, 0.25) is 11.8 Å². The van der Waals surface area contributed by atoms with Crippen molar-refractivity contribution < 1.29 is 28.7 Å². The van der Waals surface area contributed by atoms with Crippen LogP contribution in [-0.4, -0.2) is 61.1 Å². The van der Waals surface area contributed by atoms with Gasteiger partial charge in [-0.25, -0.2) is 9.59 Å². The lowest BCUT2D eigenvalue weighted by Gasteiger charge is -2.22. The Morgan fingerprint density at radius 3 is 2.17 bits per heavy atom. The molecule has 0 heterocycles. The number of nitrogens with one attached hydrogen (secondary N) is 2. The molecule has 2 amide bonds. The van der Waals surface area contributed by atoms with Gasteiger partial charge in [-0.3, -0.25) is 9.59 Å². The van der Waals surface area contributed by atoms with Crippen molar-refractivity contribution in [2.24, 2.45) is 0 Å². The van der Waals surface area contributed by atoms with E-state index in [1.54, 1.807) is 18.2 Å². The molecule has 9 nitrogen and oxygen atoms in total. The molecule has 0 saturated heterocycles. The van der Waals surface area contributed by atoms with Gasteiger partial charge in [0.15, 0.2) is 5.25 Å². The zero-order chi connectivity index (χ0) is 21.8. The predicted octanol–water partition coefficient (Wildman–Crippen LogP) is 0.190. The maximum atomic E-state index is 12.7. The Bertz CT molecular complexity index is 765. The number of carbonyl (C=O) groups excluding carboxylic acids is 4. The summed E-state index contributed by atoms with van der Waals surface area (Å²) >= 11 is 0.839. The maximum Gasteiger partial charge on any atom is 0.333 e. The molecule has 10 heteroatoms. The number of thioether (sulfide) groups is 1.